The number of rotatable bonds is 5. The molecule has 0 radical (unpaired) electrons. The summed E-state index contributed by atoms with van der Waals surface area (Å²) in [5.74, 6) is -0.100. The van der Waals surface area contributed by atoms with Gasteiger partial charge in [-0.15, -0.1) is 11.3 Å². The fourth-order valence-corrected chi connectivity index (χ4v) is 3.48. The summed E-state index contributed by atoms with van der Waals surface area (Å²) >= 11 is 7.62. The monoisotopic (exact) mass is 361 g/mol. The van der Waals surface area contributed by atoms with Crippen LogP contribution in [-0.4, -0.2) is 22.6 Å². The van der Waals surface area contributed by atoms with Gasteiger partial charge in [-0.1, -0.05) is 28.9 Å². The van der Waals surface area contributed by atoms with Gasteiger partial charge in [-0.2, -0.15) is 0 Å². The highest BCUT2D eigenvalue weighted by atomic mass is 35.5. The molecule has 0 unspecified atom stereocenters. The van der Waals surface area contributed by atoms with E-state index in [0.29, 0.717) is 17.3 Å². The van der Waals surface area contributed by atoms with E-state index < -0.39 is 0 Å². The van der Waals surface area contributed by atoms with Crippen LogP contribution in [-0.2, 0) is 6.42 Å². The van der Waals surface area contributed by atoms with E-state index in [1.54, 1.807) is 29.5 Å². The molecule has 0 fully saturated rings. The van der Waals surface area contributed by atoms with Gasteiger partial charge in [0, 0.05) is 34.5 Å². The lowest BCUT2D eigenvalue weighted by molar-refractivity contribution is 0.0917. The highest BCUT2D eigenvalue weighted by molar-refractivity contribution is 7.11. The molecule has 1 amide bonds. The van der Waals surface area contributed by atoms with E-state index in [1.165, 1.54) is 4.88 Å². The van der Waals surface area contributed by atoms with E-state index in [0.717, 1.165) is 22.7 Å². The molecule has 7 heteroatoms. The van der Waals surface area contributed by atoms with Gasteiger partial charge >= 0.3 is 0 Å². The van der Waals surface area contributed by atoms with Crippen molar-refractivity contribution >= 4 is 28.8 Å². The molecule has 0 bridgehead atoms. The molecule has 0 aliphatic rings. The smallest absolute Gasteiger partial charge is 0.289 e. The lowest BCUT2D eigenvalue weighted by Gasteiger charge is -2.01. The number of hydrogen-bond acceptors (Lipinski definition) is 5. The van der Waals surface area contributed by atoms with Gasteiger partial charge in [-0.25, -0.2) is 4.98 Å². The molecule has 5 nitrogen and oxygen atoms in total. The molecule has 24 heavy (non-hydrogen) atoms. The number of nitrogens with zero attached hydrogens (tertiary/aromatic N) is 2. The van der Waals surface area contributed by atoms with Crippen molar-refractivity contribution in [3.8, 4) is 11.3 Å². The zero-order chi connectivity index (χ0) is 17.1. The molecule has 3 rings (SSSR count). The Morgan fingerprint density at radius 1 is 1.33 bits per heavy atom. The van der Waals surface area contributed by atoms with Gasteiger partial charge < -0.3 is 9.84 Å². The summed E-state index contributed by atoms with van der Waals surface area (Å²) < 4.78 is 5.14. The van der Waals surface area contributed by atoms with Gasteiger partial charge in [0.1, 0.15) is 5.69 Å². The van der Waals surface area contributed by atoms with Crippen LogP contribution >= 0.6 is 22.9 Å². The lowest BCUT2D eigenvalue weighted by Crippen LogP contribution is -2.25. The fraction of sp³-hybridized carbons (Fsp3) is 0.235. The topological polar surface area (TPSA) is 68.0 Å². The molecule has 0 aliphatic heterocycles. The van der Waals surface area contributed by atoms with Crippen LogP contribution in [0.4, 0.5) is 0 Å². The minimum atomic E-state index is -0.283. The molecule has 3 aromatic rings. The third-order valence-electron chi connectivity index (χ3n) is 3.49. The number of nitrogens with one attached hydrogen (secondary N) is 1. The summed E-state index contributed by atoms with van der Waals surface area (Å²) in [6.45, 7) is 4.48. The Morgan fingerprint density at radius 3 is 2.88 bits per heavy atom. The number of halogens is 1. The maximum Gasteiger partial charge on any atom is 0.289 e. The van der Waals surface area contributed by atoms with Crippen LogP contribution in [0, 0.1) is 13.8 Å². The lowest BCUT2D eigenvalue weighted by atomic mass is 10.1. The first-order chi connectivity index (χ1) is 11.5. The van der Waals surface area contributed by atoms with Crippen molar-refractivity contribution in [3.05, 3.63) is 56.7 Å². The number of aromatic nitrogens is 2. The van der Waals surface area contributed by atoms with E-state index in [1.807, 2.05) is 26.0 Å². The van der Waals surface area contributed by atoms with Crippen molar-refractivity contribution in [2.75, 3.05) is 6.54 Å². The predicted molar refractivity (Wildman–Crippen MR) is 94.6 cm³/mol. The number of amides is 1. The Bertz CT molecular complexity index is 872. The second-order valence-electron chi connectivity index (χ2n) is 5.33. The maximum absolute atomic E-state index is 12.2. The van der Waals surface area contributed by atoms with E-state index in [-0.39, 0.29) is 11.7 Å². The largest absolute Gasteiger partial charge is 0.350 e. The van der Waals surface area contributed by atoms with Crippen molar-refractivity contribution < 1.29 is 9.32 Å². The quantitative estimate of drug-likeness (QED) is 0.744. The third kappa shape index (κ3) is 3.83. The highest BCUT2D eigenvalue weighted by Crippen LogP contribution is 2.22. The molecule has 0 saturated carbocycles. The minimum absolute atomic E-state index is 0.183. The molecule has 1 aromatic carbocycles. The first-order valence-electron chi connectivity index (χ1n) is 7.46. The number of benzene rings is 1. The van der Waals surface area contributed by atoms with Crippen LogP contribution in [0.25, 0.3) is 11.3 Å². The Morgan fingerprint density at radius 2 is 2.17 bits per heavy atom. The van der Waals surface area contributed by atoms with Crippen LogP contribution in [0.2, 0.25) is 5.02 Å². The molecule has 0 aliphatic carbocycles. The molecule has 0 saturated heterocycles. The Kier molecular flexibility index (Phi) is 4.97. The molecule has 0 spiro atoms. The van der Waals surface area contributed by atoms with Gasteiger partial charge in [0.2, 0.25) is 5.76 Å². The number of thiazole rings is 1. The highest BCUT2D eigenvalue weighted by Gasteiger charge is 2.14. The van der Waals surface area contributed by atoms with Gasteiger partial charge in [-0.3, -0.25) is 4.79 Å². The zero-order valence-corrected chi connectivity index (χ0v) is 14.9. The Balaban J connectivity index is 1.61. The number of carbonyl (C=O) groups is 1. The molecule has 124 valence electrons. The number of aryl methyl sites for hydroxylation is 2. The van der Waals surface area contributed by atoms with Crippen molar-refractivity contribution in [3.63, 3.8) is 0 Å². The van der Waals surface area contributed by atoms with Crippen LogP contribution in [0.5, 0.6) is 0 Å². The summed E-state index contributed by atoms with van der Waals surface area (Å²) in [4.78, 5) is 17.7. The SMILES string of the molecule is Cc1nc(C)c(CCNC(=O)c2cc(-c3cccc(Cl)c3)no2)s1. The summed E-state index contributed by atoms with van der Waals surface area (Å²) in [5, 5.41) is 8.42. The summed E-state index contributed by atoms with van der Waals surface area (Å²) in [7, 11) is 0. The van der Waals surface area contributed by atoms with Crippen LogP contribution < -0.4 is 5.32 Å². The molecule has 0 atom stereocenters. The van der Waals surface area contributed by atoms with E-state index in [9.17, 15) is 4.79 Å². The Labute approximate surface area is 148 Å². The van der Waals surface area contributed by atoms with Crippen LogP contribution in [0.15, 0.2) is 34.9 Å². The molecule has 2 aromatic heterocycles. The van der Waals surface area contributed by atoms with Crippen molar-refractivity contribution in [2.24, 2.45) is 0 Å². The second-order valence-corrected chi connectivity index (χ2v) is 7.06. The predicted octanol–water partition coefficient (Wildman–Crippen LogP) is 4.04. The van der Waals surface area contributed by atoms with Crippen LogP contribution in [0.3, 0.4) is 0 Å². The van der Waals surface area contributed by atoms with Crippen molar-refractivity contribution in [2.45, 2.75) is 20.3 Å². The standard InChI is InChI=1S/C17H16ClN3O2S/c1-10-16(24-11(2)20-10)6-7-19-17(22)15-9-14(21-23-15)12-4-3-5-13(18)8-12/h3-5,8-9H,6-7H2,1-2H3,(H,19,22). The minimum Gasteiger partial charge on any atom is -0.350 e. The number of hydrogen-bond donors (Lipinski definition) is 1. The van der Waals surface area contributed by atoms with Crippen molar-refractivity contribution in [1.82, 2.24) is 15.5 Å². The zero-order valence-electron chi connectivity index (χ0n) is 13.3. The second kappa shape index (κ2) is 7.15. The number of carbonyl (C=O) groups excluding carboxylic acids is 1. The van der Waals surface area contributed by atoms with Gasteiger partial charge in [0.25, 0.3) is 5.91 Å². The maximum atomic E-state index is 12.2. The first kappa shape index (κ1) is 16.7. The van der Waals surface area contributed by atoms with Gasteiger partial charge in [-0.05, 0) is 26.0 Å². The van der Waals surface area contributed by atoms with Crippen molar-refractivity contribution in [1.29, 1.82) is 0 Å². The average molecular weight is 362 g/mol. The summed E-state index contributed by atoms with van der Waals surface area (Å²) in [6.07, 6.45) is 0.748. The summed E-state index contributed by atoms with van der Waals surface area (Å²) in [6, 6.07) is 8.85. The van der Waals surface area contributed by atoms with Gasteiger partial charge in [0.05, 0.1) is 10.7 Å². The first-order valence-corrected chi connectivity index (χ1v) is 8.66. The van der Waals surface area contributed by atoms with E-state index >= 15 is 0 Å². The van der Waals surface area contributed by atoms with E-state index in [4.69, 9.17) is 16.1 Å². The third-order valence-corrected chi connectivity index (χ3v) is 4.86. The average Bonchev–Trinajstić information content (AvgIpc) is 3.14. The molecule has 1 N–H and O–H groups in total. The molecular weight excluding hydrogens is 346 g/mol. The molecular formula is C17H16ClN3O2S. The van der Waals surface area contributed by atoms with E-state index in [2.05, 4.69) is 15.5 Å². The molecule has 2 heterocycles. The van der Waals surface area contributed by atoms with Crippen LogP contribution in [0.1, 0.15) is 26.1 Å². The summed E-state index contributed by atoms with van der Waals surface area (Å²) in [5.41, 5.74) is 2.41. The van der Waals surface area contributed by atoms with Gasteiger partial charge in [0.15, 0.2) is 0 Å². The normalized spacial score (nSPS) is 10.8. The Hall–Kier alpha value is -2.18. The fourth-order valence-electron chi connectivity index (χ4n) is 2.35.